The van der Waals surface area contributed by atoms with Crippen molar-refractivity contribution in [1.82, 2.24) is 34.5 Å². The molecule has 168 valence electrons. The summed E-state index contributed by atoms with van der Waals surface area (Å²) in [5, 5.41) is 8.95. The third-order valence-electron chi connectivity index (χ3n) is 6.95. The lowest BCUT2D eigenvalue weighted by Crippen LogP contribution is -2.40. The summed E-state index contributed by atoms with van der Waals surface area (Å²) in [6.45, 7) is 9.86. The first-order valence-corrected chi connectivity index (χ1v) is 12.7. The van der Waals surface area contributed by atoms with E-state index in [0.29, 0.717) is 12.0 Å². The second kappa shape index (κ2) is 9.58. The molecule has 2 saturated heterocycles. The zero-order chi connectivity index (χ0) is 21.9. The van der Waals surface area contributed by atoms with Crippen molar-refractivity contribution in [2.24, 2.45) is 5.92 Å². The Morgan fingerprint density at radius 1 is 1.06 bits per heavy atom. The Morgan fingerprint density at radius 3 is 2.59 bits per heavy atom. The van der Waals surface area contributed by atoms with E-state index in [0.717, 1.165) is 61.9 Å². The number of nitrogens with zero attached hydrogens (tertiary/aromatic N) is 7. The lowest BCUT2D eigenvalue weighted by Gasteiger charge is -2.40. The molecule has 0 amide bonds. The van der Waals surface area contributed by atoms with Crippen LogP contribution in [0.15, 0.2) is 54.2 Å². The second-order valence-electron chi connectivity index (χ2n) is 8.83. The number of allylic oxidation sites excluding steroid dienone is 1. The molecule has 0 aromatic carbocycles. The molecule has 2 fully saturated rings. The molecule has 32 heavy (non-hydrogen) atoms. The summed E-state index contributed by atoms with van der Waals surface area (Å²) in [6.07, 6.45) is 12.2. The predicted molar refractivity (Wildman–Crippen MR) is 128 cm³/mol. The van der Waals surface area contributed by atoms with E-state index < -0.39 is 0 Å². The minimum absolute atomic E-state index is 0.456. The topological polar surface area (TPSA) is 63.0 Å². The van der Waals surface area contributed by atoms with Gasteiger partial charge >= 0.3 is 0 Å². The van der Waals surface area contributed by atoms with Crippen LogP contribution in [0.25, 0.3) is 11.2 Å². The third kappa shape index (κ3) is 4.38. The summed E-state index contributed by atoms with van der Waals surface area (Å²) in [4.78, 5) is 14.5. The molecule has 8 heteroatoms. The van der Waals surface area contributed by atoms with Crippen molar-refractivity contribution in [2.45, 2.75) is 43.4 Å². The van der Waals surface area contributed by atoms with Gasteiger partial charge in [-0.3, -0.25) is 4.90 Å². The molecular weight excluding hydrogens is 418 g/mol. The van der Waals surface area contributed by atoms with Gasteiger partial charge in [0, 0.05) is 49.7 Å². The molecular formula is C24H31N7S. The molecule has 0 saturated carbocycles. The average molecular weight is 450 g/mol. The number of rotatable bonds is 6. The van der Waals surface area contributed by atoms with Crippen LogP contribution in [0, 0.1) is 5.92 Å². The summed E-state index contributed by atoms with van der Waals surface area (Å²) < 4.78 is 2.37. The molecule has 0 aliphatic carbocycles. The highest BCUT2D eigenvalue weighted by atomic mass is 32.2. The van der Waals surface area contributed by atoms with E-state index in [-0.39, 0.29) is 0 Å². The number of aromatic nitrogens is 5. The Hall–Kier alpha value is -2.45. The summed E-state index contributed by atoms with van der Waals surface area (Å²) >= 11 is 1.71. The summed E-state index contributed by atoms with van der Waals surface area (Å²) in [5.41, 5.74) is 4.60. The van der Waals surface area contributed by atoms with Gasteiger partial charge in [-0.15, -0.1) is 0 Å². The SMILES string of the molecule is C=C(C1CCN(Cc2ccnnc2)CC1)N1CCC(n2c(SC)nc3cccnc32)CC1. The highest BCUT2D eigenvalue weighted by Gasteiger charge is 2.29. The van der Waals surface area contributed by atoms with Crippen LogP contribution in [0.3, 0.4) is 0 Å². The molecule has 7 nitrogen and oxygen atoms in total. The lowest BCUT2D eigenvalue weighted by molar-refractivity contribution is 0.153. The van der Waals surface area contributed by atoms with Gasteiger partial charge in [-0.25, -0.2) is 9.97 Å². The van der Waals surface area contributed by atoms with E-state index in [4.69, 9.17) is 4.98 Å². The maximum atomic E-state index is 4.79. The minimum Gasteiger partial charge on any atom is -0.375 e. The van der Waals surface area contributed by atoms with E-state index in [1.54, 1.807) is 18.0 Å². The van der Waals surface area contributed by atoms with Gasteiger partial charge in [0.15, 0.2) is 10.8 Å². The Kier molecular flexibility index (Phi) is 6.41. The number of pyridine rings is 1. The average Bonchev–Trinajstić information content (AvgIpc) is 3.23. The van der Waals surface area contributed by atoms with Gasteiger partial charge in [0.25, 0.3) is 0 Å². The monoisotopic (exact) mass is 449 g/mol. The van der Waals surface area contributed by atoms with Crippen molar-refractivity contribution in [3.8, 4) is 0 Å². The first kappa shape index (κ1) is 21.4. The van der Waals surface area contributed by atoms with Gasteiger partial charge in [0.05, 0.1) is 6.20 Å². The van der Waals surface area contributed by atoms with Crippen LogP contribution in [-0.2, 0) is 6.54 Å². The van der Waals surface area contributed by atoms with E-state index in [1.165, 1.54) is 24.1 Å². The van der Waals surface area contributed by atoms with E-state index in [9.17, 15) is 0 Å². The molecule has 0 unspecified atom stereocenters. The molecule has 5 rings (SSSR count). The number of piperidine rings is 2. The van der Waals surface area contributed by atoms with Gasteiger partial charge in [0.2, 0.25) is 0 Å². The molecule has 0 bridgehead atoms. The minimum atomic E-state index is 0.456. The molecule has 3 aromatic rings. The fourth-order valence-electron chi connectivity index (χ4n) is 5.15. The molecule has 0 radical (unpaired) electrons. The predicted octanol–water partition coefficient (Wildman–Crippen LogP) is 4.01. The Bertz CT molecular complexity index is 1050. The molecule has 0 atom stereocenters. The van der Waals surface area contributed by atoms with Crippen molar-refractivity contribution in [2.75, 3.05) is 32.4 Å². The Balaban J connectivity index is 1.16. The van der Waals surface area contributed by atoms with Crippen LogP contribution in [0.2, 0.25) is 0 Å². The number of imidazole rings is 1. The number of hydrogen-bond donors (Lipinski definition) is 0. The van der Waals surface area contributed by atoms with Gasteiger partial charge in [-0.1, -0.05) is 18.3 Å². The van der Waals surface area contributed by atoms with Gasteiger partial charge in [0.1, 0.15) is 5.52 Å². The third-order valence-corrected chi connectivity index (χ3v) is 7.60. The highest BCUT2D eigenvalue weighted by molar-refractivity contribution is 7.98. The number of likely N-dealkylation sites (tertiary alicyclic amines) is 2. The van der Waals surface area contributed by atoms with E-state index in [2.05, 4.69) is 54.5 Å². The van der Waals surface area contributed by atoms with Crippen LogP contribution >= 0.6 is 11.8 Å². The maximum absolute atomic E-state index is 4.79. The molecule has 0 N–H and O–H groups in total. The smallest absolute Gasteiger partial charge is 0.170 e. The molecule has 2 aliphatic heterocycles. The Labute approximate surface area is 193 Å². The fraction of sp³-hybridized carbons (Fsp3) is 0.500. The largest absolute Gasteiger partial charge is 0.375 e. The standard InChI is InChI=1S/C24H31N7S/c1-18(20-6-12-29(13-7-20)17-19-5-11-26-27-16-19)30-14-8-21(9-15-30)31-23-22(4-3-10-25-23)28-24(31)32-2/h3-5,10-11,16,20-21H,1,6-9,12-15,17H2,2H3. The van der Waals surface area contributed by atoms with Crippen molar-refractivity contribution in [3.63, 3.8) is 0 Å². The number of fused-ring (bicyclic) bond motifs is 1. The Morgan fingerprint density at radius 2 is 1.88 bits per heavy atom. The molecule has 5 heterocycles. The van der Waals surface area contributed by atoms with Crippen LogP contribution in [0.4, 0.5) is 0 Å². The highest BCUT2D eigenvalue weighted by Crippen LogP contribution is 2.34. The van der Waals surface area contributed by atoms with Crippen molar-refractivity contribution < 1.29 is 0 Å². The lowest BCUT2D eigenvalue weighted by atomic mass is 9.91. The van der Waals surface area contributed by atoms with Gasteiger partial charge in [-0.2, -0.15) is 10.2 Å². The van der Waals surface area contributed by atoms with Gasteiger partial charge < -0.3 is 9.47 Å². The van der Waals surface area contributed by atoms with Crippen LogP contribution < -0.4 is 0 Å². The number of thioether (sulfide) groups is 1. The zero-order valence-corrected chi connectivity index (χ0v) is 19.5. The van der Waals surface area contributed by atoms with Gasteiger partial charge in [-0.05, 0) is 68.8 Å². The molecule has 0 spiro atoms. The quantitative estimate of drug-likeness (QED) is 0.527. The van der Waals surface area contributed by atoms with Crippen LogP contribution in [-0.4, -0.2) is 67.0 Å². The number of hydrogen-bond acceptors (Lipinski definition) is 7. The first-order valence-electron chi connectivity index (χ1n) is 11.5. The molecule has 3 aromatic heterocycles. The first-order chi connectivity index (χ1) is 15.7. The summed E-state index contributed by atoms with van der Waals surface area (Å²) in [7, 11) is 0. The summed E-state index contributed by atoms with van der Waals surface area (Å²) in [6, 6.07) is 6.55. The zero-order valence-electron chi connectivity index (χ0n) is 18.7. The fourth-order valence-corrected chi connectivity index (χ4v) is 5.77. The van der Waals surface area contributed by atoms with Crippen LogP contribution in [0.1, 0.15) is 37.3 Å². The van der Waals surface area contributed by atoms with Crippen molar-refractivity contribution in [1.29, 1.82) is 0 Å². The second-order valence-corrected chi connectivity index (χ2v) is 9.60. The van der Waals surface area contributed by atoms with Crippen molar-refractivity contribution >= 4 is 22.9 Å². The van der Waals surface area contributed by atoms with Crippen molar-refractivity contribution in [3.05, 3.63) is 54.6 Å². The maximum Gasteiger partial charge on any atom is 0.170 e. The summed E-state index contributed by atoms with van der Waals surface area (Å²) in [5.74, 6) is 0.593. The van der Waals surface area contributed by atoms with E-state index >= 15 is 0 Å². The normalized spacial score (nSPS) is 19.0. The molecule has 2 aliphatic rings. The van der Waals surface area contributed by atoms with Crippen LogP contribution in [0.5, 0.6) is 0 Å². The van der Waals surface area contributed by atoms with E-state index in [1.807, 2.05) is 18.5 Å².